The summed E-state index contributed by atoms with van der Waals surface area (Å²) in [7, 11) is -7.12. The number of benzene rings is 1. The number of hydrogen-bond donors (Lipinski definition) is 3. The molecule has 0 amide bonds. The highest BCUT2D eigenvalue weighted by Crippen LogP contribution is 2.34. The highest BCUT2D eigenvalue weighted by atomic mass is 32.2. The lowest BCUT2D eigenvalue weighted by molar-refractivity contribution is 0.306. The number of anilines is 2. The number of hydrogen-bond acceptors (Lipinski definition) is 5. The van der Waals surface area contributed by atoms with Crippen molar-refractivity contribution in [3.8, 4) is 0 Å². The van der Waals surface area contributed by atoms with Crippen LogP contribution < -0.4 is 14.8 Å². The number of fused-ring (bicyclic) bond motifs is 1. The van der Waals surface area contributed by atoms with Gasteiger partial charge in [-0.15, -0.1) is 0 Å². The van der Waals surface area contributed by atoms with Crippen molar-refractivity contribution in [2.75, 3.05) is 16.3 Å². The van der Waals surface area contributed by atoms with Gasteiger partial charge in [0, 0.05) is 5.69 Å². The van der Waals surface area contributed by atoms with Gasteiger partial charge in [-0.1, -0.05) is 19.3 Å². The largest absolute Gasteiger partial charge is 0.368 e. The van der Waals surface area contributed by atoms with Gasteiger partial charge in [-0.05, 0) is 37.0 Å². The predicted molar refractivity (Wildman–Crippen MR) is 89.2 cm³/mol. The molecule has 9 heteroatoms. The van der Waals surface area contributed by atoms with Gasteiger partial charge in [-0.25, -0.2) is 16.8 Å². The van der Waals surface area contributed by atoms with Gasteiger partial charge >= 0.3 is 0 Å². The van der Waals surface area contributed by atoms with E-state index in [1.54, 1.807) is 12.1 Å². The van der Waals surface area contributed by atoms with Crippen molar-refractivity contribution in [3.63, 3.8) is 0 Å². The predicted octanol–water partition coefficient (Wildman–Crippen LogP) is 1.67. The maximum atomic E-state index is 12.5. The molecule has 0 spiro atoms. The molecule has 0 saturated heterocycles. The van der Waals surface area contributed by atoms with Crippen LogP contribution in [0.15, 0.2) is 23.1 Å². The Morgan fingerprint density at radius 3 is 2.52 bits per heavy atom. The zero-order valence-electron chi connectivity index (χ0n) is 12.9. The molecule has 1 atom stereocenters. The summed E-state index contributed by atoms with van der Waals surface area (Å²) in [5.74, 6) is 0.278. The molecule has 1 aliphatic carbocycles. The van der Waals surface area contributed by atoms with Crippen LogP contribution in [-0.2, 0) is 20.0 Å². The quantitative estimate of drug-likeness (QED) is 0.761. The van der Waals surface area contributed by atoms with Crippen molar-refractivity contribution in [1.29, 1.82) is 0 Å². The van der Waals surface area contributed by atoms with Gasteiger partial charge in [-0.3, -0.25) is 4.72 Å². The minimum atomic E-state index is -3.67. The smallest absolute Gasteiger partial charge is 0.244 e. The topological polar surface area (TPSA) is 104 Å². The van der Waals surface area contributed by atoms with E-state index in [0.29, 0.717) is 5.69 Å². The van der Waals surface area contributed by atoms with Gasteiger partial charge in [0.1, 0.15) is 4.90 Å². The first-order chi connectivity index (χ1) is 10.7. The van der Waals surface area contributed by atoms with Crippen LogP contribution in [0.2, 0.25) is 0 Å². The first kappa shape index (κ1) is 16.5. The molecule has 1 aliphatic heterocycles. The van der Waals surface area contributed by atoms with Crippen LogP contribution >= 0.6 is 0 Å². The van der Waals surface area contributed by atoms with E-state index in [4.69, 9.17) is 0 Å². The molecular weight excluding hydrogens is 338 g/mol. The molecule has 1 aromatic carbocycles. The lowest BCUT2D eigenvalue weighted by atomic mass is 9.87. The van der Waals surface area contributed by atoms with E-state index in [1.807, 2.05) is 0 Å². The Hall–Kier alpha value is -1.32. The third-order valence-electron chi connectivity index (χ3n) is 4.29. The van der Waals surface area contributed by atoms with Crippen LogP contribution in [0.5, 0.6) is 0 Å². The molecule has 2 aliphatic rings. The molecule has 0 bridgehead atoms. The summed E-state index contributed by atoms with van der Waals surface area (Å²) >= 11 is 0. The molecule has 0 aromatic heterocycles. The molecule has 3 rings (SSSR count). The van der Waals surface area contributed by atoms with Gasteiger partial charge in [0.2, 0.25) is 20.0 Å². The Kier molecular flexibility index (Phi) is 4.28. The minimum Gasteiger partial charge on any atom is -0.368 e. The van der Waals surface area contributed by atoms with Crippen molar-refractivity contribution in [2.24, 2.45) is 5.92 Å². The molecule has 1 aromatic rings. The molecule has 3 N–H and O–H groups in total. The van der Waals surface area contributed by atoms with E-state index in [9.17, 15) is 16.8 Å². The van der Waals surface area contributed by atoms with E-state index in [2.05, 4.69) is 14.8 Å². The standard InChI is InChI=1S/C14H21N3O4S2/c1-22(18,19)16-11-7-8-12-13(9-11)23(20,21)17-14(15-12)10-5-3-2-4-6-10/h7-10,14-17H,2-6H2,1H3. The van der Waals surface area contributed by atoms with E-state index in [-0.39, 0.29) is 22.7 Å². The second-order valence-electron chi connectivity index (χ2n) is 6.23. The fourth-order valence-electron chi connectivity index (χ4n) is 3.25. The summed E-state index contributed by atoms with van der Waals surface area (Å²) in [6.45, 7) is 0. The normalized spacial score (nSPS) is 24.5. The van der Waals surface area contributed by atoms with E-state index in [1.165, 1.54) is 12.5 Å². The zero-order valence-corrected chi connectivity index (χ0v) is 14.5. The first-order valence-corrected chi connectivity index (χ1v) is 11.0. The fourth-order valence-corrected chi connectivity index (χ4v) is 5.22. The second kappa shape index (κ2) is 5.95. The monoisotopic (exact) mass is 359 g/mol. The Morgan fingerprint density at radius 1 is 1.17 bits per heavy atom. The van der Waals surface area contributed by atoms with Gasteiger partial charge in [0.25, 0.3) is 0 Å². The molecule has 7 nitrogen and oxygen atoms in total. The maximum absolute atomic E-state index is 12.5. The van der Waals surface area contributed by atoms with Crippen molar-refractivity contribution in [1.82, 2.24) is 4.72 Å². The Balaban J connectivity index is 1.90. The van der Waals surface area contributed by atoms with Gasteiger partial charge in [0.15, 0.2) is 0 Å². The lowest BCUT2D eigenvalue weighted by Gasteiger charge is -2.35. The third kappa shape index (κ3) is 3.78. The summed E-state index contributed by atoms with van der Waals surface area (Å²) in [4.78, 5) is 0.0678. The van der Waals surface area contributed by atoms with Crippen LogP contribution in [0, 0.1) is 5.92 Å². The van der Waals surface area contributed by atoms with Crippen LogP contribution in [0.3, 0.4) is 0 Å². The summed E-state index contributed by atoms with van der Waals surface area (Å²) in [6, 6.07) is 4.51. The molecule has 23 heavy (non-hydrogen) atoms. The lowest BCUT2D eigenvalue weighted by Crippen LogP contribution is -2.49. The zero-order chi connectivity index (χ0) is 16.7. The Morgan fingerprint density at radius 2 is 1.87 bits per heavy atom. The fraction of sp³-hybridized carbons (Fsp3) is 0.571. The Bertz CT molecular complexity index is 799. The second-order valence-corrected chi connectivity index (χ2v) is 9.66. The average Bonchev–Trinajstić information content (AvgIpc) is 2.46. The third-order valence-corrected chi connectivity index (χ3v) is 6.38. The molecule has 1 heterocycles. The highest BCUT2D eigenvalue weighted by molar-refractivity contribution is 7.92. The van der Waals surface area contributed by atoms with E-state index < -0.39 is 20.0 Å². The van der Waals surface area contributed by atoms with Crippen molar-refractivity contribution in [3.05, 3.63) is 18.2 Å². The van der Waals surface area contributed by atoms with Crippen LogP contribution in [-0.4, -0.2) is 29.3 Å². The summed E-state index contributed by atoms with van der Waals surface area (Å²) < 4.78 is 52.6. The highest BCUT2D eigenvalue weighted by Gasteiger charge is 2.34. The number of rotatable bonds is 3. The molecule has 1 unspecified atom stereocenters. The molecule has 0 radical (unpaired) electrons. The first-order valence-electron chi connectivity index (χ1n) is 7.65. The van der Waals surface area contributed by atoms with Crippen LogP contribution in [0.4, 0.5) is 11.4 Å². The molecule has 1 fully saturated rings. The van der Waals surface area contributed by atoms with Crippen LogP contribution in [0.1, 0.15) is 32.1 Å². The number of sulfonamides is 2. The molecular formula is C14H21N3O4S2. The van der Waals surface area contributed by atoms with Gasteiger partial charge in [-0.2, -0.15) is 4.72 Å². The maximum Gasteiger partial charge on any atom is 0.244 e. The van der Waals surface area contributed by atoms with E-state index in [0.717, 1.165) is 31.9 Å². The van der Waals surface area contributed by atoms with Crippen molar-refractivity contribution >= 4 is 31.4 Å². The SMILES string of the molecule is CS(=O)(=O)Nc1ccc2c(c1)S(=O)(=O)NC(C1CCCCC1)N2. The average molecular weight is 359 g/mol. The molecule has 128 valence electrons. The summed E-state index contributed by atoms with van der Waals surface area (Å²) in [6.07, 6.45) is 6.17. The Labute approximate surface area is 137 Å². The van der Waals surface area contributed by atoms with Crippen LogP contribution in [0.25, 0.3) is 0 Å². The van der Waals surface area contributed by atoms with E-state index >= 15 is 0 Å². The van der Waals surface area contributed by atoms with Crippen molar-refractivity contribution in [2.45, 2.75) is 43.2 Å². The summed E-state index contributed by atoms with van der Waals surface area (Å²) in [5.41, 5.74) is 0.743. The minimum absolute atomic E-state index is 0.0678. The van der Waals surface area contributed by atoms with Gasteiger partial charge in [0.05, 0.1) is 18.1 Å². The number of nitrogens with one attached hydrogen (secondary N) is 3. The molecule has 1 saturated carbocycles. The van der Waals surface area contributed by atoms with Gasteiger partial charge < -0.3 is 5.32 Å². The summed E-state index contributed by atoms with van der Waals surface area (Å²) in [5, 5.41) is 3.24. The van der Waals surface area contributed by atoms with Crippen molar-refractivity contribution < 1.29 is 16.8 Å².